The molecule has 0 spiro atoms. The quantitative estimate of drug-likeness (QED) is 0.869. The third-order valence-electron chi connectivity index (χ3n) is 3.23. The van der Waals surface area contributed by atoms with Crippen molar-refractivity contribution in [3.05, 3.63) is 42.0 Å². The minimum Gasteiger partial charge on any atom is -0.486 e. The molecule has 2 aromatic rings. The maximum Gasteiger partial charge on any atom is 0.165 e. The van der Waals surface area contributed by atoms with Crippen LogP contribution in [0.4, 0.5) is 5.69 Å². The molecule has 20 heavy (non-hydrogen) atoms. The van der Waals surface area contributed by atoms with Gasteiger partial charge in [0.05, 0.1) is 5.69 Å². The monoisotopic (exact) mass is 271 g/mol. The SMILES string of the molecule is CCc1ccc(Oc2cc3c(cc2N)OCCO3)cc1. The van der Waals surface area contributed by atoms with Crippen LogP contribution < -0.4 is 19.9 Å². The lowest BCUT2D eigenvalue weighted by Gasteiger charge is -2.20. The van der Waals surface area contributed by atoms with E-state index < -0.39 is 0 Å². The van der Waals surface area contributed by atoms with Crippen molar-refractivity contribution in [1.82, 2.24) is 0 Å². The molecule has 2 aromatic carbocycles. The van der Waals surface area contributed by atoms with Crippen molar-refractivity contribution in [2.45, 2.75) is 13.3 Å². The van der Waals surface area contributed by atoms with Crippen LogP contribution in [0.15, 0.2) is 36.4 Å². The average Bonchev–Trinajstić information content (AvgIpc) is 2.49. The second-order valence-corrected chi connectivity index (χ2v) is 4.63. The third-order valence-corrected chi connectivity index (χ3v) is 3.23. The van der Waals surface area contributed by atoms with Gasteiger partial charge < -0.3 is 19.9 Å². The lowest BCUT2D eigenvalue weighted by Crippen LogP contribution is -2.15. The lowest BCUT2D eigenvalue weighted by atomic mass is 10.2. The summed E-state index contributed by atoms with van der Waals surface area (Å²) >= 11 is 0. The van der Waals surface area contributed by atoms with Gasteiger partial charge in [0.1, 0.15) is 19.0 Å². The first-order chi connectivity index (χ1) is 9.76. The summed E-state index contributed by atoms with van der Waals surface area (Å²) in [6.45, 7) is 3.21. The number of hydrogen-bond acceptors (Lipinski definition) is 4. The van der Waals surface area contributed by atoms with Gasteiger partial charge in [-0.2, -0.15) is 0 Å². The van der Waals surface area contributed by atoms with E-state index in [-0.39, 0.29) is 0 Å². The second-order valence-electron chi connectivity index (χ2n) is 4.63. The van der Waals surface area contributed by atoms with E-state index in [1.54, 1.807) is 12.1 Å². The van der Waals surface area contributed by atoms with Crippen molar-refractivity contribution in [3.63, 3.8) is 0 Å². The summed E-state index contributed by atoms with van der Waals surface area (Å²) in [4.78, 5) is 0. The molecule has 0 saturated heterocycles. The first kappa shape index (κ1) is 12.7. The Balaban J connectivity index is 1.86. The Labute approximate surface area is 118 Å². The van der Waals surface area contributed by atoms with Crippen molar-refractivity contribution in [2.24, 2.45) is 0 Å². The van der Waals surface area contributed by atoms with Gasteiger partial charge in [-0.25, -0.2) is 0 Å². The second kappa shape index (κ2) is 5.33. The standard InChI is InChI=1S/C16H17NO3/c1-2-11-3-5-12(6-4-11)20-14-10-16-15(9-13(14)17)18-7-8-19-16/h3-6,9-10H,2,7-8,17H2,1H3. The van der Waals surface area contributed by atoms with Crippen molar-refractivity contribution in [2.75, 3.05) is 18.9 Å². The third kappa shape index (κ3) is 2.50. The molecule has 0 fully saturated rings. The molecule has 1 aliphatic rings. The van der Waals surface area contributed by atoms with Gasteiger partial charge in [-0.05, 0) is 24.1 Å². The highest BCUT2D eigenvalue weighted by molar-refractivity contribution is 5.63. The molecule has 3 rings (SSSR count). The fourth-order valence-electron chi connectivity index (χ4n) is 2.09. The molecule has 0 aliphatic carbocycles. The highest BCUT2D eigenvalue weighted by Crippen LogP contribution is 2.39. The number of rotatable bonds is 3. The number of fused-ring (bicyclic) bond motifs is 1. The van der Waals surface area contributed by atoms with E-state index in [1.165, 1.54) is 5.56 Å². The van der Waals surface area contributed by atoms with Gasteiger partial charge in [0.15, 0.2) is 17.2 Å². The van der Waals surface area contributed by atoms with E-state index in [0.717, 1.165) is 12.2 Å². The molecule has 0 radical (unpaired) electrons. The van der Waals surface area contributed by atoms with Crippen LogP contribution in [0.3, 0.4) is 0 Å². The van der Waals surface area contributed by atoms with Crippen molar-refractivity contribution in [3.8, 4) is 23.0 Å². The number of benzene rings is 2. The van der Waals surface area contributed by atoms with Gasteiger partial charge in [-0.1, -0.05) is 19.1 Å². The minimum absolute atomic E-state index is 0.536. The van der Waals surface area contributed by atoms with Crippen LogP contribution in [-0.4, -0.2) is 13.2 Å². The number of aryl methyl sites for hydroxylation is 1. The number of hydrogen-bond donors (Lipinski definition) is 1. The Morgan fingerprint density at radius 2 is 1.70 bits per heavy atom. The van der Waals surface area contributed by atoms with Crippen LogP contribution >= 0.6 is 0 Å². The van der Waals surface area contributed by atoms with Gasteiger partial charge in [-0.3, -0.25) is 0 Å². The summed E-state index contributed by atoms with van der Waals surface area (Å²) in [7, 11) is 0. The first-order valence-electron chi connectivity index (χ1n) is 6.72. The molecule has 104 valence electrons. The van der Waals surface area contributed by atoms with E-state index in [0.29, 0.717) is 36.1 Å². The number of nitrogens with two attached hydrogens (primary N) is 1. The normalized spacial score (nSPS) is 13.1. The zero-order valence-corrected chi connectivity index (χ0v) is 11.4. The molecular formula is C16H17NO3. The number of nitrogen functional groups attached to an aromatic ring is 1. The van der Waals surface area contributed by atoms with E-state index in [1.807, 2.05) is 24.3 Å². The molecule has 1 aliphatic heterocycles. The Hall–Kier alpha value is -2.36. The fraction of sp³-hybridized carbons (Fsp3) is 0.250. The Morgan fingerprint density at radius 1 is 1.05 bits per heavy atom. The van der Waals surface area contributed by atoms with Gasteiger partial charge in [0, 0.05) is 12.1 Å². The van der Waals surface area contributed by atoms with E-state index in [2.05, 4.69) is 6.92 Å². The van der Waals surface area contributed by atoms with E-state index >= 15 is 0 Å². The maximum absolute atomic E-state index is 5.99. The Bertz CT molecular complexity index is 608. The summed E-state index contributed by atoms with van der Waals surface area (Å²) in [5.74, 6) is 2.68. The first-order valence-corrected chi connectivity index (χ1v) is 6.72. The molecule has 0 amide bonds. The van der Waals surface area contributed by atoms with Gasteiger partial charge in [-0.15, -0.1) is 0 Å². The Morgan fingerprint density at radius 3 is 2.35 bits per heavy atom. The zero-order valence-electron chi connectivity index (χ0n) is 11.4. The molecule has 2 N–H and O–H groups in total. The highest BCUT2D eigenvalue weighted by Gasteiger charge is 2.15. The van der Waals surface area contributed by atoms with E-state index in [9.17, 15) is 0 Å². The molecule has 0 aromatic heterocycles. The molecule has 1 heterocycles. The summed E-state index contributed by atoms with van der Waals surface area (Å²) in [6, 6.07) is 11.5. The maximum atomic E-state index is 5.99. The van der Waals surface area contributed by atoms with Gasteiger partial charge in [0.2, 0.25) is 0 Å². The molecule has 4 nitrogen and oxygen atoms in total. The molecule has 0 atom stereocenters. The van der Waals surface area contributed by atoms with Crippen LogP contribution in [-0.2, 0) is 6.42 Å². The van der Waals surface area contributed by atoms with Crippen LogP contribution in [0.1, 0.15) is 12.5 Å². The highest BCUT2D eigenvalue weighted by atomic mass is 16.6. The zero-order chi connectivity index (χ0) is 13.9. The minimum atomic E-state index is 0.536. The summed E-state index contributed by atoms with van der Waals surface area (Å²) < 4.78 is 16.8. The predicted octanol–water partition coefficient (Wildman–Crippen LogP) is 3.39. The van der Waals surface area contributed by atoms with Gasteiger partial charge in [0.25, 0.3) is 0 Å². The largest absolute Gasteiger partial charge is 0.486 e. The number of ether oxygens (including phenoxy) is 3. The fourth-order valence-corrected chi connectivity index (χ4v) is 2.09. The number of anilines is 1. The average molecular weight is 271 g/mol. The smallest absolute Gasteiger partial charge is 0.165 e. The molecule has 4 heteroatoms. The summed E-state index contributed by atoms with van der Waals surface area (Å²) in [5, 5.41) is 0. The Kier molecular flexibility index (Phi) is 3.37. The van der Waals surface area contributed by atoms with Crippen LogP contribution in [0, 0.1) is 0 Å². The van der Waals surface area contributed by atoms with Crippen LogP contribution in [0.25, 0.3) is 0 Å². The summed E-state index contributed by atoms with van der Waals surface area (Å²) in [5.41, 5.74) is 7.79. The molecule has 0 unspecified atom stereocenters. The lowest BCUT2D eigenvalue weighted by molar-refractivity contribution is 0.171. The summed E-state index contributed by atoms with van der Waals surface area (Å²) in [6.07, 6.45) is 1.01. The van der Waals surface area contributed by atoms with Crippen molar-refractivity contribution in [1.29, 1.82) is 0 Å². The van der Waals surface area contributed by atoms with Crippen LogP contribution in [0.5, 0.6) is 23.0 Å². The van der Waals surface area contributed by atoms with Gasteiger partial charge >= 0.3 is 0 Å². The van der Waals surface area contributed by atoms with Crippen LogP contribution in [0.2, 0.25) is 0 Å². The molecule has 0 saturated carbocycles. The molecular weight excluding hydrogens is 254 g/mol. The van der Waals surface area contributed by atoms with E-state index in [4.69, 9.17) is 19.9 Å². The topological polar surface area (TPSA) is 53.7 Å². The molecule has 0 bridgehead atoms. The predicted molar refractivity (Wildman–Crippen MR) is 77.7 cm³/mol. The van der Waals surface area contributed by atoms with Crippen molar-refractivity contribution >= 4 is 5.69 Å². The van der Waals surface area contributed by atoms with Crippen molar-refractivity contribution < 1.29 is 14.2 Å².